The van der Waals surface area contributed by atoms with Crippen molar-refractivity contribution in [3.8, 4) is 40.2 Å². The Hall–Kier alpha value is -2.47. The summed E-state index contributed by atoms with van der Waals surface area (Å²) in [6, 6.07) is 19.0. The Morgan fingerprint density at radius 1 is 0.424 bits per heavy atom. The van der Waals surface area contributed by atoms with Gasteiger partial charge in [-0.15, -0.1) is 0 Å². The van der Waals surface area contributed by atoms with Gasteiger partial charge in [0.15, 0.2) is 34.5 Å². The zero-order valence-corrected chi connectivity index (χ0v) is 20.3. The van der Waals surface area contributed by atoms with Gasteiger partial charge in [-0.3, -0.25) is 0 Å². The molecule has 0 fully saturated rings. The molecular weight excluding hydrogens is 530 g/mol. The van der Waals surface area contributed by atoms with Gasteiger partial charge in [-0.05, 0) is 54.6 Å². The van der Waals surface area contributed by atoms with E-state index in [9.17, 15) is 5.11 Å². The van der Waals surface area contributed by atoms with Gasteiger partial charge in [0.05, 0.1) is 5.02 Å². The minimum absolute atomic E-state index is 0.132. The minimum Gasteiger partial charge on any atom is -0.504 e. The van der Waals surface area contributed by atoms with Crippen LogP contribution in [0.25, 0.3) is 0 Å². The van der Waals surface area contributed by atoms with Crippen LogP contribution in [0, 0.1) is 0 Å². The Kier molecular flexibility index (Phi) is 7.32. The van der Waals surface area contributed by atoms with E-state index in [-0.39, 0.29) is 28.7 Å². The maximum absolute atomic E-state index is 10.1. The lowest BCUT2D eigenvalue weighted by molar-refractivity contribution is 0.379. The molecule has 0 saturated carbocycles. The fourth-order valence-corrected chi connectivity index (χ4v) is 3.72. The first kappa shape index (κ1) is 23.7. The van der Waals surface area contributed by atoms with E-state index in [1.54, 1.807) is 60.7 Å². The van der Waals surface area contributed by atoms with Crippen LogP contribution in [0.4, 0.5) is 0 Å². The number of benzene rings is 4. The van der Waals surface area contributed by atoms with Gasteiger partial charge in [0, 0.05) is 38.3 Å². The molecule has 0 radical (unpaired) electrons. The number of phenolic OH excluding ortho intramolecular Hbond substituents is 1. The van der Waals surface area contributed by atoms with E-state index in [2.05, 4.69) is 0 Å². The molecule has 0 spiro atoms. The average Bonchev–Trinajstić information content (AvgIpc) is 2.75. The highest BCUT2D eigenvalue weighted by Gasteiger charge is 2.16. The molecule has 0 aromatic heterocycles. The summed E-state index contributed by atoms with van der Waals surface area (Å²) < 4.78 is 17.9. The number of hydrogen-bond acceptors (Lipinski definition) is 4. The molecule has 0 heterocycles. The number of halogens is 5. The van der Waals surface area contributed by atoms with Crippen LogP contribution in [0.15, 0.2) is 72.8 Å². The smallest absolute Gasteiger partial charge is 0.171 e. The summed E-state index contributed by atoms with van der Waals surface area (Å²) in [6.45, 7) is 0. The van der Waals surface area contributed by atoms with Gasteiger partial charge in [-0.1, -0.05) is 58.0 Å². The summed E-state index contributed by atoms with van der Waals surface area (Å²) >= 11 is 30.5. The fourth-order valence-electron chi connectivity index (χ4n) is 2.78. The Balaban J connectivity index is 1.69. The second kappa shape index (κ2) is 10.2. The highest BCUT2D eigenvalue weighted by Crippen LogP contribution is 2.44. The van der Waals surface area contributed by atoms with E-state index < -0.39 is 0 Å². The molecule has 0 aliphatic heterocycles. The van der Waals surface area contributed by atoms with E-state index in [1.165, 1.54) is 12.1 Å². The van der Waals surface area contributed by atoms with E-state index in [0.717, 1.165) is 0 Å². The lowest BCUT2D eigenvalue weighted by Gasteiger charge is -2.16. The highest BCUT2D eigenvalue weighted by molar-refractivity contribution is 6.35. The molecule has 0 amide bonds. The van der Waals surface area contributed by atoms with Crippen LogP contribution >= 0.6 is 58.0 Å². The van der Waals surface area contributed by atoms with Crippen molar-refractivity contribution in [3.63, 3.8) is 0 Å². The van der Waals surface area contributed by atoms with Gasteiger partial charge >= 0.3 is 0 Å². The summed E-state index contributed by atoms with van der Waals surface area (Å²) in [5.41, 5.74) is 0. The molecule has 4 nitrogen and oxygen atoms in total. The first-order chi connectivity index (χ1) is 15.8. The van der Waals surface area contributed by atoms with Crippen LogP contribution in [-0.4, -0.2) is 5.11 Å². The summed E-state index contributed by atoms with van der Waals surface area (Å²) in [4.78, 5) is 0. The van der Waals surface area contributed by atoms with Crippen molar-refractivity contribution in [2.75, 3.05) is 0 Å². The topological polar surface area (TPSA) is 47.9 Å². The van der Waals surface area contributed by atoms with E-state index in [0.29, 0.717) is 36.6 Å². The van der Waals surface area contributed by atoms with Crippen molar-refractivity contribution in [3.05, 3.63) is 97.9 Å². The van der Waals surface area contributed by atoms with Gasteiger partial charge in [0.25, 0.3) is 0 Å². The first-order valence-electron chi connectivity index (χ1n) is 9.35. The lowest BCUT2D eigenvalue weighted by atomic mass is 10.2. The second-order valence-electron chi connectivity index (χ2n) is 6.68. The molecule has 1 N–H and O–H groups in total. The Morgan fingerprint density at radius 3 is 1.33 bits per heavy atom. The molecule has 0 bridgehead atoms. The Morgan fingerprint density at radius 2 is 0.818 bits per heavy atom. The van der Waals surface area contributed by atoms with Crippen molar-refractivity contribution in [1.29, 1.82) is 0 Å². The largest absolute Gasteiger partial charge is 0.504 e. The molecule has 4 aromatic carbocycles. The van der Waals surface area contributed by atoms with Gasteiger partial charge in [-0.2, -0.15) is 0 Å². The molecule has 9 heteroatoms. The molecule has 0 aliphatic rings. The lowest BCUT2D eigenvalue weighted by Crippen LogP contribution is -1.94. The van der Waals surface area contributed by atoms with Crippen LogP contribution in [-0.2, 0) is 0 Å². The quantitative estimate of drug-likeness (QED) is 0.263. The third-order valence-corrected chi connectivity index (χ3v) is 5.52. The van der Waals surface area contributed by atoms with Gasteiger partial charge in [0.1, 0.15) is 5.75 Å². The van der Waals surface area contributed by atoms with Crippen LogP contribution in [0.5, 0.6) is 40.2 Å². The molecule has 4 rings (SSSR count). The maximum Gasteiger partial charge on any atom is 0.171 e. The first-order valence-corrected chi connectivity index (χ1v) is 11.2. The number of aromatic hydroxyl groups is 1. The number of phenols is 1. The number of ether oxygens (including phenoxy) is 3. The zero-order chi connectivity index (χ0) is 23.5. The predicted molar refractivity (Wildman–Crippen MR) is 133 cm³/mol. The summed E-state index contributed by atoms with van der Waals surface area (Å²) in [7, 11) is 0. The van der Waals surface area contributed by atoms with Crippen LogP contribution in [0.2, 0.25) is 25.1 Å². The molecule has 33 heavy (non-hydrogen) atoms. The normalized spacial score (nSPS) is 10.7. The number of hydrogen-bond donors (Lipinski definition) is 1. The van der Waals surface area contributed by atoms with Crippen molar-refractivity contribution in [2.24, 2.45) is 0 Å². The van der Waals surface area contributed by atoms with E-state index in [4.69, 9.17) is 72.2 Å². The fraction of sp³-hybridized carbons (Fsp3) is 0. The number of rotatable bonds is 6. The molecular formula is C24H13Cl5O4. The van der Waals surface area contributed by atoms with Crippen LogP contribution < -0.4 is 14.2 Å². The average molecular weight is 543 g/mol. The third kappa shape index (κ3) is 5.91. The molecule has 0 saturated heterocycles. The van der Waals surface area contributed by atoms with E-state index >= 15 is 0 Å². The molecule has 168 valence electrons. The van der Waals surface area contributed by atoms with E-state index in [1.807, 2.05) is 0 Å². The van der Waals surface area contributed by atoms with Crippen molar-refractivity contribution >= 4 is 58.0 Å². The van der Waals surface area contributed by atoms with Crippen LogP contribution in [0.3, 0.4) is 0 Å². The predicted octanol–water partition coefficient (Wildman–Crippen LogP) is 10.0. The third-order valence-electron chi connectivity index (χ3n) is 4.29. The summed E-state index contributed by atoms with van der Waals surface area (Å²) in [6.07, 6.45) is 0. The molecule has 4 aromatic rings. The summed E-state index contributed by atoms with van der Waals surface area (Å²) in [5, 5.41) is 12.1. The highest BCUT2D eigenvalue weighted by atomic mass is 35.5. The Labute approximate surface area is 214 Å². The van der Waals surface area contributed by atoms with Crippen molar-refractivity contribution < 1.29 is 19.3 Å². The zero-order valence-electron chi connectivity index (χ0n) is 16.5. The van der Waals surface area contributed by atoms with Crippen molar-refractivity contribution in [2.45, 2.75) is 0 Å². The summed E-state index contributed by atoms with van der Waals surface area (Å²) in [5.74, 6) is 1.58. The molecule has 0 aliphatic carbocycles. The molecule has 0 atom stereocenters. The van der Waals surface area contributed by atoms with Gasteiger partial charge < -0.3 is 19.3 Å². The minimum atomic E-state index is -0.132. The standard InChI is InChI=1S/C24H13Cl5O4/c25-13-1-5-19(17(29)9-13)31-21-7-3-15(27)11-23(21)33-24-12-16(28)4-8-22(24)32-20-6-2-14(26)10-18(20)30/h1-12,30H. The second-order valence-corrected chi connectivity index (χ2v) is 8.83. The Bertz CT molecular complexity index is 1230. The van der Waals surface area contributed by atoms with Crippen molar-refractivity contribution in [1.82, 2.24) is 0 Å². The maximum atomic E-state index is 10.1. The van der Waals surface area contributed by atoms with Crippen LogP contribution in [0.1, 0.15) is 0 Å². The van der Waals surface area contributed by atoms with Gasteiger partial charge in [-0.25, -0.2) is 0 Å². The SMILES string of the molecule is Oc1cc(Cl)ccc1Oc1ccc(Cl)cc1Oc1cc(Cl)ccc1Oc1ccc(Cl)cc1Cl. The molecule has 0 unspecified atom stereocenters. The van der Waals surface area contributed by atoms with Gasteiger partial charge in [0.2, 0.25) is 0 Å². The monoisotopic (exact) mass is 540 g/mol.